The van der Waals surface area contributed by atoms with Crippen LogP contribution in [0.1, 0.15) is 31.9 Å². The van der Waals surface area contributed by atoms with Crippen LogP contribution in [0.25, 0.3) is 5.76 Å². The average Bonchev–Trinajstić information content (AvgIpc) is 3.22. The number of amides is 1. The van der Waals surface area contributed by atoms with Crippen LogP contribution in [-0.4, -0.2) is 35.7 Å². The van der Waals surface area contributed by atoms with Gasteiger partial charge >= 0.3 is 6.09 Å². The summed E-state index contributed by atoms with van der Waals surface area (Å²) in [4.78, 5) is 16.9. The van der Waals surface area contributed by atoms with Crippen molar-refractivity contribution in [2.45, 2.75) is 32.9 Å². The Morgan fingerprint density at radius 1 is 1.06 bits per heavy atom. The number of ether oxygens (including phenoxy) is 2. The van der Waals surface area contributed by atoms with Gasteiger partial charge in [-0.25, -0.2) is 9.86 Å². The van der Waals surface area contributed by atoms with Gasteiger partial charge in [-0.2, -0.15) is 0 Å². The molecule has 0 radical (unpaired) electrons. The molecule has 3 rings (SSSR count). The van der Waals surface area contributed by atoms with Crippen LogP contribution >= 0.6 is 12.2 Å². The first-order chi connectivity index (χ1) is 15.2. The Hall–Kier alpha value is -3.30. The molecule has 9 heteroatoms. The maximum absolute atomic E-state index is 11.8. The van der Waals surface area contributed by atoms with Gasteiger partial charge in [0.25, 0.3) is 0 Å². The minimum absolute atomic E-state index is 0.371. The molecule has 2 aromatic rings. The zero-order valence-corrected chi connectivity index (χ0v) is 19.4. The Morgan fingerprint density at radius 2 is 1.66 bits per heavy atom. The molecule has 170 valence electrons. The SMILES string of the molecule is CON1C=C(c2ccc(NC(=S)Nc3ccc(CNC(=O)OC(C)(C)C)cc3)cc2)OC1. The molecule has 3 N–H and O–H groups in total. The predicted octanol–water partition coefficient (Wildman–Crippen LogP) is 4.67. The minimum atomic E-state index is -0.520. The fourth-order valence-electron chi connectivity index (χ4n) is 2.81. The van der Waals surface area contributed by atoms with E-state index < -0.39 is 11.7 Å². The average molecular weight is 457 g/mol. The zero-order chi connectivity index (χ0) is 23.1. The number of anilines is 2. The fourth-order valence-corrected chi connectivity index (χ4v) is 3.04. The molecule has 0 aromatic heterocycles. The second-order valence-electron chi connectivity index (χ2n) is 8.08. The lowest BCUT2D eigenvalue weighted by molar-refractivity contribution is -0.116. The quantitative estimate of drug-likeness (QED) is 0.541. The van der Waals surface area contributed by atoms with E-state index in [1.807, 2.05) is 69.3 Å². The van der Waals surface area contributed by atoms with Crippen molar-refractivity contribution in [3.8, 4) is 0 Å². The number of nitrogens with one attached hydrogen (secondary N) is 3. The fraction of sp³-hybridized carbons (Fsp3) is 0.304. The number of rotatable bonds is 6. The molecular weight excluding hydrogens is 428 g/mol. The number of nitrogens with zero attached hydrogens (tertiary/aromatic N) is 1. The van der Waals surface area contributed by atoms with Gasteiger partial charge in [0, 0.05) is 23.5 Å². The van der Waals surface area contributed by atoms with E-state index in [2.05, 4.69) is 16.0 Å². The van der Waals surface area contributed by atoms with Gasteiger partial charge in [0.1, 0.15) is 11.4 Å². The van der Waals surface area contributed by atoms with Gasteiger partial charge in [0.05, 0.1) is 13.3 Å². The Labute approximate surface area is 193 Å². The summed E-state index contributed by atoms with van der Waals surface area (Å²) in [6, 6.07) is 15.4. The number of carbonyl (C=O) groups is 1. The monoisotopic (exact) mass is 456 g/mol. The zero-order valence-electron chi connectivity index (χ0n) is 18.6. The normalized spacial score (nSPS) is 13.1. The molecule has 8 nitrogen and oxygen atoms in total. The van der Waals surface area contributed by atoms with Crippen molar-refractivity contribution in [2.75, 3.05) is 24.5 Å². The molecule has 0 aliphatic carbocycles. The van der Waals surface area contributed by atoms with Crippen molar-refractivity contribution in [3.05, 3.63) is 65.9 Å². The van der Waals surface area contributed by atoms with Gasteiger partial charge in [-0.3, -0.25) is 4.84 Å². The second kappa shape index (κ2) is 10.3. The van der Waals surface area contributed by atoms with Crippen LogP contribution in [0.5, 0.6) is 0 Å². The molecule has 0 fully saturated rings. The van der Waals surface area contributed by atoms with Gasteiger partial charge in [-0.1, -0.05) is 12.1 Å². The largest absolute Gasteiger partial charge is 0.469 e. The molecule has 0 saturated carbocycles. The number of hydrogen-bond donors (Lipinski definition) is 3. The number of thiocarbonyl (C=S) groups is 1. The lowest BCUT2D eigenvalue weighted by atomic mass is 10.2. The maximum Gasteiger partial charge on any atom is 0.407 e. The summed E-state index contributed by atoms with van der Waals surface area (Å²) < 4.78 is 10.8. The molecule has 0 unspecified atom stereocenters. The van der Waals surface area contributed by atoms with Crippen LogP contribution in [0.4, 0.5) is 16.2 Å². The minimum Gasteiger partial charge on any atom is -0.469 e. The molecular formula is C23H28N4O4S. The summed E-state index contributed by atoms with van der Waals surface area (Å²) in [5.74, 6) is 0.750. The summed E-state index contributed by atoms with van der Waals surface area (Å²) in [6.07, 6.45) is 1.37. The Balaban J connectivity index is 1.47. The Morgan fingerprint density at radius 3 is 2.19 bits per heavy atom. The van der Waals surface area contributed by atoms with E-state index >= 15 is 0 Å². The highest BCUT2D eigenvalue weighted by molar-refractivity contribution is 7.80. The molecule has 0 atom stereocenters. The highest BCUT2D eigenvalue weighted by Crippen LogP contribution is 2.23. The molecule has 1 aliphatic heterocycles. The van der Waals surface area contributed by atoms with E-state index in [0.717, 1.165) is 28.3 Å². The van der Waals surface area contributed by atoms with Crippen LogP contribution in [0, 0.1) is 0 Å². The second-order valence-corrected chi connectivity index (χ2v) is 8.48. The molecule has 1 aliphatic rings. The highest BCUT2D eigenvalue weighted by Gasteiger charge is 2.16. The van der Waals surface area contributed by atoms with Crippen molar-refractivity contribution in [1.82, 2.24) is 10.4 Å². The lowest BCUT2D eigenvalue weighted by Gasteiger charge is -2.19. The summed E-state index contributed by atoms with van der Waals surface area (Å²) >= 11 is 5.40. The van der Waals surface area contributed by atoms with Crippen molar-refractivity contribution in [3.63, 3.8) is 0 Å². The molecule has 0 bridgehead atoms. The van der Waals surface area contributed by atoms with Gasteiger partial charge in [0.2, 0.25) is 0 Å². The van der Waals surface area contributed by atoms with Crippen LogP contribution in [0.15, 0.2) is 54.7 Å². The highest BCUT2D eigenvalue weighted by atomic mass is 32.1. The number of hydroxylamine groups is 2. The van der Waals surface area contributed by atoms with E-state index in [1.165, 1.54) is 0 Å². The maximum atomic E-state index is 11.8. The van der Waals surface area contributed by atoms with Crippen LogP contribution in [0.3, 0.4) is 0 Å². The predicted molar refractivity (Wildman–Crippen MR) is 129 cm³/mol. The summed E-state index contributed by atoms with van der Waals surface area (Å²) in [7, 11) is 1.60. The Kier molecular flexibility index (Phi) is 7.55. The van der Waals surface area contributed by atoms with Crippen molar-refractivity contribution in [1.29, 1.82) is 0 Å². The van der Waals surface area contributed by atoms with E-state index in [1.54, 1.807) is 18.4 Å². The summed E-state index contributed by atoms with van der Waals surface area (Å²) in [5.41, 5.74) is 3.07. The number of carbonyl (C=O) groups excluding carboxylic acids is 1. The third kappa shape index (κ3) is 7.14. The first-order valence-electron chi connectivity index (χ1n) is 10.1. The number of hydrogen-bond acceptors (Lipinski definition) is 6. The van der Waals surface area contributed by atoms with E-state index in [0.29, 0.717) is 18.4 Å². The van der Waals surface area contributed by atoms with Gasteiger partial charge in [-0.15, -0.1) is 0 Å². The van der Waals surface area contributed by atoms with Crippen LogP contribution < -0.4 is 16.0 Å². The standard InChI is InChI=1S/C23H28N4O4S/c1-23(2,3)31-22(28)24-13-16-5-9-18(10-6-16)25-21(32)26-19-11-7-17(8-12-19)20-14-27(29-4)15-30-20/h5-12,14H,13,15H2,1-4H3,(H,24,28)(H2,25,26,32). The number of alkyl carbamates (subject to hydrolysis) is 1. The van der Waals surface area contributed by atoms with Gasteiger partial charge in [-0.05, 0) is 75.0 Å². The lowest BCUT2D eigenvalue weighted by Crippen LogP contribution is -2.32. The molecule has 1 amide bonds. The Bertz CT molecular complexity index is 969. The van der Waals surface area contributed by atoms with Gasteiger partial charge in [0.15, 0.2) is 11.8 Å². The molecule has 1 heterocycles. The smallest absolute Gasteiger partial charge is 0.407 e. The van der Waals surface area contributed by atoms with Crippen LogP contribution in [-0.2, 0) is 20.9 Å². The third-order valence-electron chi connectivity index (χ3n) is 4.32. The molecule has 32 heavy (non-hydrogen) atoms. The first kappa shape index (κ1) is 23.4. The van der Waals surface area contributed by atoms with E-state index in [-0.39, 0.29) is 0 Å². The van der Waals surface area contributed by atoms with Crippen molar-refractivity contribution >= 4 is 40.6 Å². The topological polar surface area (TPSA) is 84.1 Å². The first-order valence-corrected chi connectivity index (χ1v) is 10.5. The van der Waals surface area contributed by atoms with E-state index in [9.17, 15) is 4.79 Å². The van der Waals surface area contributed by atoms with Crippen molar-refractivity contribution in [2.24, 2.45) is 0 Å². The third-order valence-corrected chi connectivity index (χ3v) is 4.52. The number of benzene rings is 2. The molecule has 0 saturated heterocycles. The summed E-state index contributed by atoms with van der Waals surface area (Å²) in [6.45, 7) is 6.24. The molecule has 2 aromatic carbocycles. The summed E-state index contributed by atoms with van der Waals surface area (Å²) in [5, 5.41) is 11.1. The van der Waals surface area contributed by atoms with E-state index in [4.69, 9.17) is 26.5 Å². The van der Waals surface area contributed by atoms with Crippen LogP contribution in [0.2, 0.25) is 0 Å². The van der Waals surface area contributed by atoms with Gasteiger partial charge < -0.3 is 25.4 Å². The molecule has 0 spiro atoms. The van der Waals surface area contributed by atoms with Crippen molar-refractivity contribution < 1.29 is 19.1 Å².